The molecule has 3 rings (SSSR count). The fraction of sp³-hybridized carbons (Fsp3) is 0.312. The molecule has 0 aliphatic carbocycles. The van der Waals surface area contributed by atoms with Crippen molar-refractivity contribution in [1.82, 2.24) is 14.9 Å². The van der Waals surface area contributed by atoms with E-state index in [9.17, 15) is 4.79 Å². The number of hydrogen-bond donors (Lipinski definition) is 1. The Balaban J connectivity index is 1.68. The van der Waals surface area contributed by atoms with Gasteiger partial charge in [-0.3, -0.25) is 4.79 Å². The lowest BCUT2D eigenvalue weighted by molar-refractivity contribution is 0.102. The Hall–Kier alpha value is -1.89. The molecule has 0 radical (unpaired) electrons. The van der Waals surface area contributed by atoms with E-state index in [0.717, 1.165) is 26.2 Å². The third-order valence-corrected chi connectivity index (χ3v) is 4.43. The van der Waals surface area contributed by atoms with E-state index in [2.05, 4.69) is 32.1 Å². The Morgan fingerprint density at radius 1 is 1.12 bits per heavy atom. The third-order valence-electron chi connectivity index (χ3n) is 3.86. The molecule has 0 bridgehead atoms. The second kappa shape index (κ2) is 7.34. The van der Waals surface area contributed by atoms with E-state index in [-0.39, 0.29) is 5.91 Å². The van der Waals surface area contributed by atoms with Gasteiger partial charge in [0.25, 0.3) is 5.91 Å². The number of nitrogens with one attached hydrogen (secondary N) is 1. The van der Waals surface area contributed by atoms with Crippen LogP contribution in [0.15, 0.2) is 30.6 Å². The number of benzene rings is 1. The summed E-state index contributed by atoms with van der Waals surface area (Å²) in [7, 11) is 2.09. The molecule has 1 aromatic heterocycles. The first-order valence-electron chi connectivity index (χ1n) is 7.55. The lowest BCUT2D eigenvalue weighted by atomic mass is 10.2. The van der Waals surface area contributed by atoms with E-state index in [4.69, 9.17) is 23.2 Å². The predicted molar refractivity (Wildman–Crippen MR) is 96.2 cm³/mol. The average Bonchev–Trinajstić information content (AvgIpc) is 2.59. The number of halogens is 2. The Labute approximate surface area is 150 Å². The molecule has 1 aliphatic rings. The number of rotatable bonds is 3. The van der Waals surface area contributed by atoms with Crippen LogP contribution in [0.4, 0.5) is 11.6 Å². The van der Waals surface area contributed by atoms with Gasteiger partial charge in [-0.25, -0.2) is 9.97 Å². The van der Waals surface area contributed by atoms with Crippen molar-refractivity contribution in [2.45, 2.75) is 0 Å². The number of piperazine rings is 1. The van der Waals surface area contributed by atoms with Gasteiger partial charge in [0.2, 0.25) is 5.95 Å². The molecule has 2 heterocycles. The van der Waals surface area contributed by atoms with E-state index >= 15 is 0 Å². The molecule has 1 amide bonds. The monoisotopic (exact) mass is 365 g/mol. The zero-order valence-corrected chi connectivity index (χ0v) is 14.7. The highest BCUT2D eigenvalue weighted by molar-refractivity contribution is 6.35. The van der Waals surface area contributed by atoms with Crippen LogP contribution in [0, 0.1) is 0 Å². The summed E-state index contributed by atoms with van der Waals surface area (Å²) in [6, 6.07) is 4.89. The smallest absolute Gasteiger partial charge is 0.258 e. The number of aromatic nitrogens is 2. The number of carbonyl (C=O) groups is 1. The first-order chi connectivity index (χ1) is 11.5. The van der Waals surface area contributed by atoms with Crippen LogP contribution >= 0.6 is 23.2 Å². The normalized spacial score (nSPS) is 15.4. The molecule has 126 valence electrons. The zero-order chi connectivity index (χ0) is 17.1. The quantitative estimate of drug-likeness (QED) is 0.905. The summed E-state index contributed by atoms with van der Waals surface area (Å²) in [5, 5.41) is 3.63. The zero-order valence-electron chi connectivity index (χ0n) is 13.2. The molecule has 1 saturated heterocycles. The van der Waals surface area contributed by atoms with Gasteiger partial charge in [-0.15, -0.1) is 0 Å². The molecule has 1 N–H and O–H groups in total. The Bertz CT molecular complexity index is 730. The van der Waals surface area contributed by atoms with Crippen molar-refractivity contribution in [2.75, 3.05) is 43.4 Å². The summed E-state index contributed by atoms with van der Waals surface area (Å²) in [4.78, 5) is 25.3. The van der Waals surface area contributed by atoms with E-state index in [1.165, 1.54) is 12.4 Å². The van der Waals surface area contributed by atoms with Crippen LogP contribution in [0.3, 0.4) is 0 Å². The van der Waals surface area contributed by atoms with Crippen molar-refractivity contribution in [3.63, 3.8) is 0 Å². The van der Waals surface area contributed by atoms with E-state index < -0.39 is 0 Å². The minimum atomic E-state index is -0.330. The topological polar surface area (TPSA) is 61.4 Å². The fourth-order valence-electron chi connectivity index (χ4n) is 2.40. The maximum absolute atomic E-state index is 12.3. The molecule has 1 aromatic carbocycles. The van der Waals surface area contributed by atoms with Gasteiger partial charge >= 0.3 is 0 Å². The molecular formula is C16H17Cl2N5O. The Morgan fingerprint density at radius 2 is 1.79 bits per heavy atom. The molecule has 8 heteroatoms. The molecule has 0 spiro atoms. The van der Waals surface area contributed by atoms with Gasteiger partial charge in [-0.2, -0.15) is 0 Å². The van der Waals surface area contributed by atoms with E-state index in [1.807, 2.05) is 0 Å². The van der Waals surface area contributed by atoms with Crippen molar-refractivity contribution in [3.05, 3.63) is 46.2 Å². The third kappa shape index (κ3) is 3.95. The number of likely N-dealkylation sites (N-methyl/N-ethyl adjacent to an activating group) is 1. The largest absolute Gasteiger partial charge is 0.338 e. The van der Waals surface area contributed by atoms with Crippen LogP contribution in [-0.2, 0) is 0 Å². The second-order valence-electron chi connectivity index (χ2n) is 5.64. The van der Waals surface area contributed by atoms with Gasteiger partial charge in [0.05, 0.1) is 16.3 Å². The van der Waals surface area contributed by atoms with Crippen LogP contribution in [0.25, 0.3) is 0 Å². The maximum Gasteiger partial charge on any atom is 0.258 e. The Morgan fingerprint density at radius 3 is 2.46 bits per heavy atom. The molecule has 0 saturated carbocycles. The lowest BCUT2D eigenvalue weighted by Crippen LogP contribution is -2.45. The van der Waals surface area contributed by atoms with E-state index in [1.54, 1.807) is 18.2 Å². The highest BCUT2D eigenvalue weighted by Gasteiger charge is 2.17. The molecule has 1 aliphatic heterocycles. The van der Waals surface area contributed by atoms with Gasteiger partial charge in [0, 0.05) is 43.6 Å². The van der Waals surface area contributed by atoms with Gasteiger partial charge in [0.15, 0.2) is 0 Å². The summed E-state index contributed by atoms with van der Waals surface area (Å²) in [5.41, 5.74) is 0.821. The predicted octanol–water partition coefficient (Wildman–Crippen LogP) is 2.79. The molecule has 0 atom stereocenters. The molecule has 2 aromatic rings. The molecule has 1 fully saturated rings. The molecular weight excluding hydrogens is 349 g/mol. The van der Waals surface area contributed by atoms with Gasteiger partial charge in [0.1, 0.15) is 0 Å². The molecule has 6 nitrogen and oxygen atoms in total. The SMILES string of the molecule is CN1CCN(c2ncc(C(=O)Nc3cc(Cl)ccc3Cl)cn2)CC1. The van der Waals surface area contributed by atoms with Crippen LogP contribution in [0.2, 0.25) is 10.0 Å². The standard InChI is InChI=1S/C16H17Cl2N5O/c1-22-4-6-23(7-5-22)16-19-9-11(10-20-16)15(24)21-14-8-12(17)2-3-13(14)18/h2-3,8-10H,4-7H2,1H3,(H,21,24). The maximum atomic E-state index is 12.3. The van der Waals surface area contributed by atoms with Crippen LogP contribution < -0.4 is 10.2 Å². The van der Waals surface area contributed by atoms with Gasteiger partial charge in [-0.05, 0) is 25.2 Å². The van der Waals surface area contributed by atoms with Crippen molar-refractivity contribution < 1.29 is 4.79 Å². The van der Waals surface area contributed by atoms with E-state index in [0.29, 0.717) is 27.2 Å². The number of hydrogen-bond acceptors (Lipinski definition) is 5. The minimum absolute atomic E-state index is 0.330. The molecule has 24 heavy (non-hydrogen) atoms. The Kier molecular flexibility index (Phi) is 5.18. The van der Waals surface area contributed by atoms with Crippen molar-refractivity contribution in [2.24, 2.45) is 0 Å². The van der Waals surface area contributed by atoms with Gasteiger partial charge < -0.3 is 15.1 Å². The first kappa shape index (κ1) is 17.0. The summed E-state index contributed by atoms with van der Waals surface area (Å²) < 4.78 is 0. The van der Waals surface area contributed by atoms with Crippen molar-refractivity contribution in [3.8, 4) is 0 Å². The highest BCUT2D eigenvalue weighted by atomic mass is 35.5. The second-order valence-corrected chi connectivity index (χ2v) is 6.48. The van der Waals surface area contributed by atoms with Crippen LogP contribution in [0.1, 0.15) is 10.4 Å². The number of anilines is 2. The summed E-state index contributed by atoms with van der Waals surface area (Å²) >= 11 is 12.0. The van der Waals surface area contributed by atoms with Crippen LogP contribution in [-0.4, -0.2) is 54.0 Å². The van der Waals surface area contributed by atoms with Crippen LogP contribution in [0.5, 0.6) is 0 Å². The highest BCUT2D eigenvalue weighted by Crippen LogP contribution is 2.25. The average molecular weight is 366 g/mol. The fourth-order valence-corrected chi connectivity index (χ4v) is 2.73. The van der Waals surface area contributed by atoms with Crippen molar-refractivity contribution in [1.29, 1.82) is 0 Å². The van der Waals surface area contributed by atoms with Crippen molar-refractivity contribution >= 4 is 40.7 Å². The number of amides is 1. The molecule has 0 unspecified atom stereocenters. The number of carbonyl (C=O) groups excluding carboxylic acids is 1. The first-order valence-corrected chi connectivity index (χ1v) is 8.30. The van der Waals surface area contributed by atoms with Gasteiger partial charge in [-0.1, -0.05) is 23.2 Å². The lowest BCUT2D eigenvalue weighted by Gasteiger charge is -2.32. The summed E-state index contributed by atoms with van der Waals surface area (Å²) in [5.74, 6) is 0.310. The minimum Gasteiger partial charge on any atom is -0.338 e. The summed E-state index contributed by atoms with van der Waals surface area (Å²) in [6.45, 7) is 3.69. The summed E-state index contributed by atoms with van der Waals surface area (Å²) in [6.07, 6.45) is 3.04. The number of nitrogens with zero attached hydrogens (tertiary/aromatic N) is 4.